The van der Waals surface area contributed by atoms with Crippen molar-refractivity contribution in [2.75, 3.05) is 32.7 Å². The Labute approximate surface area is 163 Å². The van der Waals surface area contributed by atoms with Gasteiger partial charge < -0.3 is 15.5 Å². The highest BCUT2D eigenvalue weighted by atomic mass is 35.5. The van der Waals surface area contributed by atoms with Crippen LogP contribution in [0.15, 0.2) is 30.3 Å². The summed E-state index contributed by atoms with van der Waals surface area (Å²) in [6.45, 7) is 5.07. The molecule has 0 aliphatic carbocycles. The second kappa shape index (κ2) is 11.9. The van der Waals surface area contributed by atoms with Gasteiger partial charge in [0.25, 0.3) is 0 Å². The van der Waals surface area contributed by atoms with Gasteiger partial charge in [0.2, 0.25) is 11.8 Å². The molecular formula is C20H32ClN3O2. The van der Waals surface area contributed by atoms with E-state index in [1.54, 1.807) is 0 Å². The van der Waals surface area contributed by atoms with Gasteiger partial charge in [0.15, 0.2) is 0 Å². The van der Waals surface area contributed by atoms with E-state index in [0.29, 0.717) is 32.6 Å². The largest absolute Gasteiger partial charge is 0.342 e. The Balaban J connectivity index is 0.00000338. The van der Waals surface area contributed by atoms with Crippen LogP contribution in [0.1, 0.15) is 38.2 Å². The number of hydrogen-bond donors (Lipinski definition) is 1. The van der Waals surface area contributed by atoms with Gasteiger partial charge in [0.1, 0.15) is 0 Å². The molecule has 2 amide bonds. The first kappa shape index (κ1) is 22.5. The van der Waals surface area contributed by atoms with Gasteiger partial charge in [-0.2, -0.15) is 0 Å². The number of nitrogens with two attached hydrogens (primary N) is 1. The molecule has 26 heavy (non-hydrogen) atoms. The standard InChI is InChI=1S/C20H31N3O2.ClH/c1-2-7-19(24)23-13-6-10-18(16-23)20(25)22(15-12-21)14-11-17-8-4-3-5-9-17;/h3-5,8-9,18H,2,6-7,10-16,21H2,1H3;1H. The second-order valence-corrected chi connectivity index (χ2v) is 6.78. The topological polar surface area (TPSA) is 66.6 Å². The Morgan fingerprint density at radius 1 is 1.23 bits per heavy atom. The van der Waals surface area contributed by atoms with Crippen molar-refractivity contribution in [2.45, 2.75) is 39.0 Å². The van der Waals surface area contributed by atoms with E-state index in [-0.39, 0.29) is 30.1 Å². The van der Waals surface area contributed by atoms with Crippen LogP contribution in [-0.4, -0.2) is 54.3 Å². The molecule has 1 heterocycles. The Morgan fingerprint density at radius 2 is 1.96 bits per heavy atom. The summed E-state index contributed by atoms with van der Waals surface area (Å²) in [5.74, 6) is 0.238. The molecule has 1 fully saturated rings. The maximum atomic E-state index is 13.0. The van der Waals surface area contributed by atoms with Crippen molar-refractivity contribution >= 4 is 24.2 Å². The number of likely N-dealkylation sites (tertiary alicyclic amines) is 1. The Morgan fingerprint density at radius 3 is 2.62 bits per heavy atom. The Bertz CT molecular complexity index is 553. The van der Waals surface area contributed by atoms with Crippen LogP contribution in [0.5, 0.6) is 0 Å². The van der Waals surface area contributed by atoms with Gasteiger partial charge in [-0.05, 0) is 31.2 Å². The summed E-state index contributed by atoms with van der Waals surface area (Å²) in [4.78, 5) is 28.9. The van der Waals surface area contributed by atoms with Crippen molar-refractivity contribution in [3.63, 3.8) is 0 Å². The molecule has 2 rings (SSSR count). The molecule has 1 aliphatic rings. The molecule has 2 N–H and O–H groups in total. The third-order valence-corrected chi connectivity index (χ3v) is 4.81. The zero-order valence-electron chi connectivity index (χ0n) is 15.7. The van der Waals surface area contributed by atoms with Crippen LogP contribution >= 0.6 is 12.4 Å². The summed E-state index contributed by atoms with van der Waals surface area (Å²) in [5.41, 5.74) is 6.95. The fraction of sp³-hybridized carbons (Fsp3) is 0.600. The molecule has 146 valence electrons. The van der Waals surface area contributed by atoms with Gasteiger partial charge >= 0.3 is 0 Å². The van der Waals surface area contributed by atoms with Gasteiger partial charge in [0.05, 0.1) is 5.92 Å². The first-order valence-corrected chi connectivity index (χ1v) is 9.46. The van der Waals surface area contributed by atoms with E-state index in [0.717, 1.165) is 32.2 Å². The van der Waals surface area contributed by atoms with Crippen molar-refractivity contribution < 1.29 is 9.59 Å². The van der Waals surface area contributed by atoms with E-state index < -0.39 is 0 Å². The first-order chi connectivity index (χ1) is 12.2. The summed E-state index contributed by atoms with van der Waals surface area (Å²) < 4.78 is 0. The van der Waals surface area contributed by atoms with Crippen LogP contribution in [0.4, 0.5) is 0 Å². The highest BCUT2D eigenvalue weighted by molar-refractivity contribution is 5.85. The van der Waals surface area contributed by atoms with Crippen molar-refractivity contribution in [3.8, 4) is 0 Å². The maximum Gasteiger partial charge on any atom is 0.227 e. The predicted octanol–water partition coefficient (Wildman–Crippen LogP) is 2.48. The number of carbonyl (C=O) groups is 2. The zero-order valence-corrected chi connectivity index (χ0v) is 16.5. The molecule has 0 spiro atoms. The third kappa shape index (κ3) is 6.61. The SMILES string of the molecule is CCCC(=O)N1CCCC(C(=O)N(CCN)CCc2ccccc2)C1.Cl. The quantitative estimate of drug-likeness (QED) is 0.752. The van der Waals surface area contributed by atoms with Crippen LogP contribution in [0.2, 0.25) is 0 Å². The lowest BCUT2D eigenvalue weighted by Crippen LogP contribution is -2.48. The zero-order chi connectivity index (χ0) is 18.1. The van der Waals surface area contributed by atoms with E-state index >= 15 is 0 Å². The molecule has 0 saturated carbocycles. The van der Waals surface area contributed by atoms with Crippen molar-refractivity contribution in [1.82, 2.24) is 9.80 Å². The number of hydrogen-bond acceptors (Lipinski definition) is 3. The van der Waals surface area contributed by atoms with Gasteiger partial charge in [-0.3, -0.25) is 9.59 Å². The van der Waals surface area contributed by atoms with Crippen LogP contribution in [0.25, 0.3) is 0 Å². The predicted molar refractivity (Wildman–Crippen MR) is 107 cm³/mol. The maximum absolute atomic E-state index is 13.0. The normalized spacial score (nSPS) is 16.7. The van der Waals surface area contributed by atoms with Crippen LogP contribution in [0, 0.1) is 5.92 Å². The lowest BCUT2D eigenvalue weighted by atomic mass is 9.95. The minimum Gasteiger partial charge on any atom is -0.342 e. The molecule has 1 saturated heterocycles. The Kier molecular flexibility index (Phi) is 10.3. The summed E-state index contributed by atoms with van der Waals surface area (Å²) in [5, 5.41) is 0. The second-order valence-electron chi connectivity index (χ2n) is 6.78. The molecule has 0 bridgehead atoms. The van der Waals surface area contributed by atoms with Gasteiger partial charge in [-0.15, -0.1) is 12.4 Å². The van der Waals surface area contributed by atoms with Crippen LogP contribution in [0.3, 0.4) is 0 Å². The lowest BCUT2D eigenvalue weighted by Gasteiger charge is -2.35. The van der Waals surface area contributed by atoms with Gasteiger partial charge in [0, 0.05) is 39.1 Å². The highest BCUT2D eigenvalue weighted by Crippen LogP contribution is 2.20. The lowest BCUT2D eigenvalue weighted by molar-refractivity contribution is -0.140. The van der Waals surface area contributed by atoms with Crippen molar-refractivity contribution in [2.24, 2.45) is 11.7 Å². The van der Waals surface area contributed by atoms with Gasteiger partial charge in [-0.25, -0.2) is 0 Å². The summed E-state index contributed by atoms with van der Waals surface area (Å²) in [6, 6.07) is 10.2. The van der Waals surface area contributed by atoms with Gasteiger partial charge in [-0.1, -0.05) is 37.3 Å². The van der Waals surface area contributed by atoms with Crippen molar-refractivity contribution in [3.05, 3.63) is 35.9 Å². The molecule has 1 aliphatic heterocycles. The van der Waals surface area contributed by atoms with Crippen molar-refractivity contribution in [1.29, 1.82) is 0 Å². The average molecular weight is 382 g/mol. The van der Waals surface area contributed by atoms with E-state index in [1.807, 2.05) is 34.9 Å². The third-order valence-electron chi connectivity index (χ3n) is 4.81. The summed E-state index contributed by atoms with van der Waals surface area (Å²) in [6.07, 6.45) is 4.02. The molecule has 0 aromatic heterocycles. The average Bonchev–Trinajstić information content (AvgIpc) is 2.65. The molecular weight excluding hydrogens is 350 g/mol. The number of rotatable bonds is 8. The fourth-order valence-corrected chi connectivity index (χ4v) is 3.43. The molecule has 5 nitrogen and oxygen atoms in total. The molecule has 1 aromatic carbocycles. The smallest absolute Gasteiger partial charge is 0.227 e. The van der Waals surface area contributed by atoms with E-state index in [9.17, 15) is 9.59 Å². The number of nitrogens with zero attached hydrogens (tertiary/aromatic N) is 2. The minimum absolute atomic E-state index is 0. The molecule has 1 aromatic rings. The van der Waals surface area contributed by atoms with E-state index in [1.165, 1.54) is 5.56 Å². The molecule has 0 radical (unpaired) electrons. The Hall–Kier alpha value is -1.59. The summed E-state index contributed by atoms with van der Waals surface area (Å²) in [7, 11) is 0. The monoisotopic (exact) mass is 381 g/mol. The summed E-state index contributed by atoms with van der Waals surface area (Å²) >= 11 is 0. The van der Waals surface area contributed by atoms with E-state index in [4.69, 9.17) is 5.73 Å². The molecule has 1 unspecified atom stereocenters. The first-order valence-electron chi connectivity index (χ1n) is 9.46. The number of amides is 2. The van der Waals surface area contributed by atoms with E-state index in [2.05, 4.69) is 12.1 Å². The van der Waals surface area contributed by atoms with Crippen LogP contribution < -0.4 is 5.73 Å². The molecule has 1 atom stereocenters. The highest BCUT2D eigenvalue weighted by Gasteiger charge is 2.30. The number of carbonyl (C=O) groups excluding carboxylic acids is 2. The fourth-order valence-electron chi connectivity index (χ4n) is 3.43. The number of benzene rings is 1. The number of halogens is 1. The number of piperidine rings is 1. The van der Waals surface area contributed by atoms with Crippen LogP contribution in [-0.2, 0) is 16.0 Å². The molecule has 6 heteroatoms. The minimum atomic E-state index is -0.0862.